The Kier molecular flexibility index (Phi) is 7.24. The molecular weight excluding hydrogens is 354 g/mol. The summed E-state index contributed by atoms with van der Waals surface area (Å²) in [6, 6.07) is 9.39. The molecule has 1 aromatic carbocycles. The van der Waals surface area contributed by atoms with Crippen LogP contribution in [0.5, 0.6) is 0 Å². The average Bonchev–Trinajstić information content (AvgIpc) is 3.23. The maximum atomic E-state index is 10.4. The lowest BCUT2D eigenvalue weighted by Gasteiger charge is -2.06. The zero-order valence-electron chi connectivity index (χ0n) is 14.6. The van der Waals surface area contributed by atoms with Crippen LogP contribution in [0.4, 0.5) is 5.13 Å². The number of ether oxygens (including phenoxy) is 1. The Labute approximate surface area is 155 Å². The zero-order valence-corrected chi connectivity index (χ0v) is 16.3. The van der Waals surface area contributed by atoms with E-state index >= 15 is 0 Å². The van der Waals surface area contributed by atoms with E-state index in [1.807, 2.05) is 51.2 Å². The number of carbonyl (C=O) groups excluding carboxylic acids is 1. The number of aldehydes is 1. The molecule has 3 aromatic rings. The summed E-state index contributed by atoms with van der Waals surface area (Å²) in [5, 5.41) is 7.14. The zero-order chi connectivity index (χ0) is 18.2. The molecule has 0 amide bonds. The summed E-state index contributed by atoms with van der Waals surface area (Å²) in [5.41, 5.74) is 2.99. The molecule has 0 bridgehead atoms. The molecule has 3 rings (SSSR count). The molecule has 1 atom stereocenters. The van der Waals surface area contributed by atoms with Crippen molar-refractivity contribution in [2.24, 2.45) is 0 Å². The molecule has 0 fully saturated rings. The largest absolute Gasteiger partial charge is 0.369 e. The number of hydrogen-bond acceptors (Lipinski definition) is 7. The minimum absolute atomic E-state index is 0.420. The Balaban J connectivity index is 0.000000186. The van der Waals surface area contributed by atoms with E-state index in [9.17, 15) is 4.79 Å². The number of rotatable bonds is 5. The topological polar surface area (TPSA) is 64.1 Å². The second-order valence-corrected chi connectivity index (χ2v) is 7.20. The van der Waals surface area contributed by atoms with Gasteiger partial charge in [0.25, 0.3) is 0 Å². The number of aryl methyl sites for hydroxylation is 2. The molecule has 2 aromatic heterocycles. The van der Waals surface area contributed by atoms with Crippen LogP contribution in [0.3, 0.4) is 0 Å². The van der Waals surface area contributed by atoms with Crippen molar-refractivity contribution < 1.29 is 9.53 Å². The van der Waals surface area contributed by atoms with Crippen LogP contribution in [0, 0.1) is 13.8 Å². The van der Waals surface area contributed by atoms with Crippen LogP contribution in [0.25, 0.3) is 10.6 Å². The minimum atomic E-state index is -0.420. The quantitative estimate of drug-likeness (QED) is 0.665. The van der Waals surface area contributed by atoms with Crippen molar-refractivity contribution in [3.05, 3.63) is 52.0 Å². The molecule has 1 unspecified atom stereocenters. The van der Waals surface area contributed by atoms with Gasteiger partial charge >= 0.3 is 0 Å². The van der Waals surface area contributed by atoms with Crippen molar-refractivity contribution in [1.29, 1.82) is 0 Å². The van der Waals surface area contributed by atoms with Gasteiger partial charge in [-0.2, -0.15) is 0 Å². The number of nitrogens with one attached hydrogen (secondary N) is 1. The molecule has 0 aliphatic rings. The van der Waals surface area contributed by atoms with E-state index in [1.54, 1.807) is 22.7 Å². The van der Waals surface area contributed by atoms with Gasteiger partial charge in [0.15, 0.2) is 11.4 Å². The molecule has 0 aliphatic heterocycles. The Hall–Kier alpha value is -2.09. The third kappa shape index (κ3) is 5.19. The van der Waals surface area contributed by atoms with Crippen molar-refractivity contribution in [3.63, 3.8) is 0 Å². The van der Waals surface area contributed by atoms with E-state index in [2.05, 4.69) is 20.7 Å². The molecule has 5 nitrogen and oxygen atoms in total. The van der Waals surface area contributed by atoms with Crippen LogP contribution >= 0.6 is 22.7 Å². The van der Waals surface area contributed by atoms with Gasteiger partial charge in [-0.25, -0.2) is 9.97 Å². The van der Waals surface area contributed by atoms with Crippen LogP contribution < -0.4 is 5.32 Å². The van der Waals surface area contributed by atoms with Crippen molar-refractivity contribution in [2.75, 3.05) is 19.5 Å². The first kappa shape index (κ1) is 19.2. The number of methoxy groups -OCH3 is 1. The van der Waals surface area contributed by atoms with Gasteiger partial charge in [0.1, 0.15) is 6.10 Å². The normalized spacial score (nSPS) is 11.4. The first-order valence-corrected chi connectivity index (χ1v) is 9.39. The molecule has 0 saturated heterocycles. The van der Waals surface area contributed by atoms with E-state index in [-0.39, 0.29) is 0 Å². The number of nitrogens with zero attached hydrogens (tertiary/aromatic N) is 2. The van der Waals surface area contributed by atoms with E-state index < -0.39 is 6.10 Å². The molecular formula is C18H21N3O2S2. The molecule has 1 N–H and O–H groups in total. The summed E-state index contributed by atoms with van der Waals surface area (Å²) >= 11 is 3.32. The van der Waals surface area contributed by atoms with Gasteiger partial charge in [-0.15, -0.1) is 22.7 Å². The molecule has 7 heteroatoms. The van der Waals surface area contributed by atoms with Crippen LogP contribution in [0.15, 0.2) is 35.7 Å². The highest BCUT2D eigenvalue weighted by Gasteiger charge is 2.10. The Morgan fingerprint density at radius 3 is 2.40 bits per heavy atom. The summed E-state index contributed by atoms with van der Waals surface area (Å²) in [5.74, 6) is 0. The first-order valence-electron chi connectivity index (χ1n) is 7.69. The molecule has 2 heterocycles. The predicted molar refractivity (Wildman–Crippen MR) is 104 cm³/mol. The highest BCUT2D eigenvalue weighted by Crippen LogP contribution is 2.31. The number of thiazole rings is 2. The number of benzene rings is 1. The fourth-order valence-corrected chi connectivity index (χ4v) is 3.79. The second kappa shape index (κ2) is 9.41. The average molecular weight is 376 g/mol. The van der Waals surface area contributed by atoms with Crippen LogP contribution in [0.2, 0.25) is 0 Å². The molecule has 0 radical (unpaired) electrons. The van der Waals surface area contributed by atoms with Crippen molar-refractivity contribution in [3.8, 4) is 10.6 Å². The lowest BCUT2D eigenvalue weighted by Crippen LogP contribution is -2.01. The maximum absolute atomic E-state index is 10.4. The van der Waals surface area contributed by atoms with Gasteiger partial charge in [-0.1, -0.05) is 30.3 Å². The van der Waals surface area contributed by atoms with Gasteiger partial charge in [0.05, 0.1) is 21.3 Å². The number of hydrogen-bond donors (Lipinski definition) is 1. The minimum Gasteiger partial charge on any atom is -0.369 e. The summed E-state index contributed by atoms with van der Waals surface area (Å²) in [6.45, 7) is 4.05. The number of anilines is 1. The smallest absolute Gasteiger partial charge is 0.182 e. The van der Waals surface area contributed by atoms with Crippen LogP contribution in [0.1, 0.15) is 22.4 Å². The van der Waals surface area contributed by atoms with Gasteiger partial charge < -0.3 is 14.8 Å². The SMILES string of the molecule is CNc1nc(-c2sc(C)nc2C)cs1.COC(C=O)c1ccccc1. The Morgan fingerprint density at radius 1 is 1.20 bits per heavy atom. The summed E-state index contributed by atoms with van der Waals surface area (Å²) in [7, 11) is 3.40. The second-order valence-electron chi connectivity index (χ2n) is 5.14. The van der Waals surface area contributed by atoms with Gasteiger partial charge in [-0.05, 0) is 19.4 Å². The van der Waals surface area contributed by atoms with E-state index in [1.165, 1.54) is 12.0 Å². The van der Waals surface area contributed by atoms with Gasteiger partial charge in [-0.3, -0.25) is 0 Å². The third-order valence-corrected chi connectivity index (χ3v) is 5.32. The van der Waals surface area contributed by atoms with Gasteiger partial charge in [0, 0.05) is 19.5 Å². The van der Waals surface area contributed by atoms with Crippen molar-refractivity contribution in [2.45, 2.75) is 20.0 Å². The monoisotopic (exact) mass is 375 g/mol. The Morgan fingerprint density at radius 2 is 1.92 bits per heavy atom. The van der Waals surface area contributed by atoms with E-state index in [0.29, 0.717) is 0 Å². The van der Waals surface area contributed by atoms with Crippen molar-refractivity contribution >= 4 is 34.1 Å². The van der Waals surface area contributed by atoms with Gasteiger partial charge in [0.2, 0.25) is 0 Å². The van der Waals surface area contributed by atoms with Crippen LogP contribution in [-0.2, 0) is 9.53 Å². The van der Waals surface area contributed by atoms with E-state index in [0.717, 1.165) is 33.4 Å². The molecule has 0 saturated carbocycles. The number of aromatic nitrogens is 2. The Bertz CT molecular complexity index is 800. The summed E-state index contributed by atoms with van der Waals surface area (Å²) in [6.07, 6.45) is 0.367. The third-order valence-electron chi connectivity index (χ3n) is 3.36. The highest BCUT2D eigenvalue weighted by molar-refractivity contribution is 7.16. The predicted octanol–water partition coefficient (Wildman–Crippen LogP) is 4.50. The summed E-state index contributed by atoms with van der Waals surface area (Å²) in [4.78, 5) is 20.4. The molecule has 25 heavy (non-hydrogen) atoms. The molecule has 0 spiro atoms. The molecule has 132 valence electrons. The fraction of sp³-hybridized carbons (Fsp3) is 0.278. The van der Waals surface area contributed by atoms with E-state index in [4.69, 9.17) is 4.74 Å². The molecule has 0 aliphatic carbocycles. The first-order chi connectivity index (χ1) is 12.1. The standard InChI is InChI=1S/C9H11N3S2.C9H10O2/c1-5-8(14-6(2)11-5)7-4-13-9(10-3)12-7;1-11-9(7-10)8-5-3-2-4-6-8/h4H,1-3H3,(H,10,12);2-7,9H,1H3. The maximum Gasteiger partial charge on any atom is 0.182 e. The lowest BCUT2D eigenvalue weighted by molar-refractivity contribution is -0.116. The fourth-order valence-electron chi connectivity index (χ4n) is 2.17. The lowest BCUT2D eigenvalue weighted by atomic mass is 10.1. The highest BCUT2D eigenvalue weighted by atomic mass is 32.1. The van der Waals surface area contributed by atoms with Crippen molar-refractivity contribution in [1.82, 2.24) is 9.97 Å². The number of carbonyl (C=O) groups is 1. The summed E-state index contributed by atoms with van der Waals surface area (Å²) < 4.78 is 4.92. The van der Waals surface area contributed by atoms with Crippen LogP contribution in [-0.4, -0.2) is 30.4 Å².